The molecule has 20 heavy (non-hydrogen) atoms. The molecule has 2 N–H and O–H groups in total. The van der Waals surface area contributed by atoms with Crippen LogP contribution in [-0.2, 0) is 4.79 Å². The van der Waals surface area contributed by atoms with E-state index in [-0.39, 0.29) is 12.5 Å². The Balaban J connectivity index is 2.19. The van der Waals surface area contributed by atoms with Gasteiger partial charge < -0.3 is 10.4 Å². The second kappa shape index (κ2) is 5.90. The highest BCUT2D eigenvalue weighted by atomic mass is 16.4. The van der Waals surface area contributed by atoms with Crippen LogP contribution in [-0.4, -0.2) is 31.7 Å². The summed E-state index contributed by atoms with van der Waals surface area (Å²) < 4.78 is 1.80. The van der Waals surface area contributed by atoms with Gasteiger partial charge in [-0.1, -0.05) is 13.8 Å². The predicted octanol–water partition coefficient (Wildman–Crippen LogP) is 2.52. The average Bonchev–Trinajstić information content (AvgIpc) is 2.81. The lowest BCUT2D eigenvalue weighted by molar-refractivity contribution is -0.137. The molecule has 0 fully saturated rings. The van der Waals surface area contributed by atoms with Crippen molar-refractivity contribution in [2.24, 2.45) is 0 Å². The molecule has 0 spiro atoms. The number of carboxylic acid groups (broad SMARTS) is 1. The van der Waals surface area contributed by atoms with Crippen molar-refractivity contribution in [1.82, 2.24) is 14.6 Å². The Bertz CT molecular complexity index is 606. The molecule has 0 bridgehead atoms. The fraction of sp³-hybridized carbons (Fsp3) is 0.500. The summed E-state index contributed by atoms with van der Waals surface area (Å²) in [4.78, 5) is 14.9. The minimum absolute atomic E-state index is 0.0437. The first kappa shape index (κ1) is 14.3. The zero-order valence-corrected chi connectivity index (χ0v) is 12.0. The lowest BCUT2D eigenvalue weighted by Gasteiger charge is -2.13. The number of carboxylic acids is 1. The van der Waals surface area contributed by atoms with E-state index < -0.39 is 5.97 Å². The van der Waals surface area contributed by atoms with Crippen LogP contribution in [0, 0.1) is 0 Å². The van der Waals surface area contributed by atoms with Crippen molar-refractivity contribution >= 4 is 17.3 Å². The quantitative estimate of drug-likeness (QED) is 0.847. The molecule has 1 atom stereocenters. The van der Waals surface area contributed by atoms with Crippen LogP contribution in [0.4, 0.5) is 5.82 Å². The largest absolute Gasteiger partial charge is 0.481 e. The van der Waals surface area contributed by atoms with Gasteiger partial charge in [0.05, 0.1) is 5.69 Å². The predicted molar refractivity (Wildman–Crippen MR) is 77.0 cm³/mol. The van der Waals surface area contributed by atoms with Crippen LogP contribution >= 0.6 is 0 Å². The van der Waals surface area contributed by atoms with Gasteiger partial charge in [-0.2, -0.15) is 5.10 Å². The molecular weight excluding hydrogens is 256 g/mol. The van der Waals surface area contributed by atoms with E-state index in [1.807, 2.05) is 19.2 Å². The summed E-state index contributed by atoms with van der Waals surface area (Å²) in [6, 6.07) is 2.06. The van der Waals surface area contributed by atoms with Crippen molar-refractivity contribution in [3.8, 4) is 0 Å². The zero-order valence-electron chi connectivity index (χ0n) is 12.0. The van der Waals surface area contributed by atoms with Crippen molar-refractivity contribution in [2.75, 3.05) is 5.32 Å². The first-order valence-corrected chi connectivity index (χ1v) is 6.80. The molecule has 0 aliphatic carbocycles. The minimum atomic E-state index is -0.781. The summed E-state index contributed by atoms with van der Waals surface area (Å²) >= 11 is 0. The maximum Gasteiger partial charge on any atom is 0.303 e. The number of nitrogens with zero attached hydrogens (tertiary/aromatic N) is 3. The van der Waals surface area contributed by atoms with Crippen LogP contribution < -0.4 is 5.32 Å². The minimum Gasteiger partial charge on any atom is -0.481 e. The fourth-order valence-corrected chi connectivity index (χ4v) is 1.98. The van der Waals surface area contributed by atoms with E-state index in [1.54, 1.807) is 10.7 Å². The Morgan fingerprint density at radius 3 is 2.85 bits per heavy atom. The lowest BCUT2D eigenvalue weighted by Crippen LogP contribution is -2.18. The van der Waals surface area contributed by atoms with Crippen LogP contribution in [0.2, 0.25) is 0 Å². The van der Waals surface area contributed by atoms with Gasteiger partial charge in [0.15, 0.2) is 5.82 Å². The Hall–Kier alpha value is -2.11. The zero-order chi connectivity index (χ0) is 14.7. The van der Waals surface area contributed by atoms with Crippen molar-refractivity contribution < 1.29 is 9.90 Å². The molecule has 0 saturated heterocycles. The molecule has 0 radical (unpaired) electrons. The molecule has 2 heterocycles. The van der Waals surface area contributed by atoms with Crippen LogP contribution in [0.25, 0.3) is 5.52 Å². The smallest absolute Gasteiger partial charge is 0.303 e. The maximum absolute atomic E-state index is 10.6. The highest BCUT2D eigenvalue weighted by Gasteiger charge is 2.12. The van der Waals surface area contributed by atoms with E-state index in [0.29, 0.717) is 12.3 Å². The van der Waals surface area contributed by atoms with Gasteiger partial charge in [-0.05, 0) is 25.3 Å². The molecule has 2 rings (SSSR count). The molecule has 0 amide bonds. The summed E-state index contributed by atoms with van der Waals surface area (Å²) in [6.45, 7) is 6.14. The van der Waals surface area contributed by atoms with Gasteiger partial charge in [0.25, 0.3) is 0 Å². The van der Waals surface area contributed by atoms with Crippen molar-refractivity contribution in [3.05, 3.63) is 24.2 Å². The number of carbonyl (C=O) groups is 1. The summed E-state index contributed by atoms with van der Waals surface area (Å²) in [5, 5.41) is 16.5. The van der Waals surface area contributed by atoms with Crippen LogP contribution in [0.1, 0.15) is 45.2 Å². The highest BCUT2D eigenvalue weighted by Crippen LogP contribution is 2.20. The molecule has 0 saturated carbocycles. The van der Waals surface area contributed by atoms with Crippen LogP contribution in [0.15, 0.2) is 18.5 Å². The van der Waals surface area contributed by atoms with E-state index >= 15 is 0 Å². The third-order valence-corrected chi connectivity index (χ3v) is 3.17. The van der Waals surface area contributed by atoms with Gasteiger partial charge in [-0.3, -0.25) is 4.79 Å². The van der Waals surface area contributed by atoms with E-state index in [1.165, 1.54) is 0 Å². The number of hydrogen-bond acceptors (Lipinski definition) is 4. The van der Waals surface area contributed by atoms with Crippen LogP contribution in [0.3, 0.4) is 0 Å². The molecule has 6 heteroatoms. The summed E-state index contributed by atoms with van der Waals surface area (Å²) in [5.74, 6) is 0.313. The second-order valence-electron chi connectivity index (χ2n) is 5.31. The number of aliphatic carboxylic acids is 1. The molecule has 6 nitrogen and oxygen atoms in total. The van der Waals surface area contributed by atoms with E-state index in [4.69, 9.17) is 5.11 Å². The SMILES string of the molecule is CC(CCC(=O)O)Nc1nccn2nc(C(C)C)cc12. The number of hydrogen-bond donors (Lipinski definition) is 2. The molecule has 2 aromatic rings. The Morgan fingerprint density at radius 1 is 1.45 bits per heavy atom. The number of rotatable bonds is 6. The van der Waals surface area contributed by atoms with Gasteiger partial charge in [0.2, 0.25) is 0 Å². The average molecular weight is 276 g/mol. The highest BCUT2D eigenvalue weighted by molar-refractivity contribution is 5.69. The normalized spacial score (nSPS) is 12.8. The molecule has 0 aliphatic heterocycles. The summed E-state index contributed by atoms with van der Waals surface area (Å²) in [7, 11) is 0. The van der Waals surface area contributed by atoms with Gasteiger partial charge in [-0.15, -0.1) is 0 Å². The molecule has 0 aliphatic rings. The Labute approximate surface area is 117 Å². The first-order chi connectivity index (χ1) is 9.47. The van der Waals surface area contributed by atoms with Crippen LogP contribution in [0.5, 0.6) is 0 Å². The first-order valence-electron chi connectivity index (χ1n) is 6.80. The number of fused-ring (bicyclic) bond motifs is 1. The molecule has 0 aromatic carbocycles. The van der Waals surface area contributed by atoms with Crippen molar-refractivity contribution in [1.29, 1.82) is 0 Å². The third kappa shape index (κ3) is 3.26. The Kier molecular flexibility index (Phi) is 4.22. The molecular formula is C14H20N4O2. The molecule has 108 valence electrons. The van der Waals surface area contributed by atoms with Crippen molar-refractivity contribution in [3.63, 3.8) is 0 Å². The number of aromatic nitrogens is 3. The van der Waals surface area contributed by atoms with E-state index in [9.17, 15) is 4.79 Å². The van der Waals surface area contributed by atoms with Gasteiger partial charge in [0, 0.05) is 24.9 Å². The number of nitrogens with one attached hydrogen (secondary N) is 1. The number of anilines is 1. The topological polar surface area (TPSA) is 79.5 Å². The van der Waals surface area contributed by atoms with E-state index in [2.05, 4.69) is 29.2 Å². The van der Waals surface area contributed by atoms with Gasteiger partial charge in [0.1, 0.15) is 5.52 Å². The van der Waals surface area contributed by atoms with Crippen molar-refractivity contribution in [2.45, 2.75) is 45.6 Å². The molecule has 2 aromatic heterocycles. The van der Waals surface area contributed by atoms with E-state index in [0.717, 1.165) is 17.0 Å². The lowest BCUT2D eigenvalue weighted by atomic mass is 10.1. The summed E-state index contributed by atoms with van der Waals surface area (Å²) in [5.41, 5.74) is 1.93. The maximum atomic E-state index is 10.6. The Morgan fingerprint density at radius 2 is 2.20 bits per heavy atom. The summed E-state index contributed by atoms with van der Waals surface area (Å²) in [6.07, 6.45) is 4.21. The molecule has 1 unspecified atom stereocenters. The van der Waals surface area contributed by atoms with Gasteiger partial charge in [-0.25, -0.2) is 9.50 Å². The second-order valence-corrected chi connectivity index (χ2v) is 5.31. The standard InChI is InChI=1S/C14H20N4O2/c1-9(2)11-8-12-14(15-6-7-18(12)17-11)16-10(3)4-5-13(19)20/h6-10H,4-5H2,1-3H3,(H,15,16)(H,19,20). The van der Waals surface area contributed by atoms with Gasteiger partial charge >= 0.3 is 5.97 Å². The monoisotopic (exact) mass is 276 g/mol. The third-order valence-electron chi connectivity index (χ3n) is 3.17. The fourth-order valence-electron chi connectivity index (χ4n) is 1.98.